The Balaban J connectivity index is 2.23. The molecule has 1 N–H and O–H groups in total. The number of hydrogen-bond acceptors (Lipinski definition) is 6. The van der Waals surface area contributed by atoms with Crippen molar-refractivity contribution in [3.63, 3.8) is 0 Å². The Labute approximate surface area is 155 Å². The van der Waals surface area contributed by atoms with E-state index in [9.17, 15) is 19.7 Å². The maximum Gasteiger partial charge on any atom is 0.323 e. The number of nitrogens with zero attached hydrogens (tertiary/aromatic N) is 1. The van der Waals surface area contributed by atoms with Crippen LogP contribution in [0.1, 0.15) is 28.7 Å². The van der Waals surface area contributed by atoms with Crippen LogP contribution in [-0.4, -0.2) is 37.0 Å². The molecule has 0 unspecified atom stereocenters. The van der Waals surface area contributed by atoms with Crippen molar-refractivity contribution < 1.29 is 23.7 Å². The highest BCUT2D eigenvalue weighted by Crippen LogP contribution is 2.51. The molecule has 27 heavy (non-hydrogen) atoms. The molecule has 1 fully saturated rings. The third kappa shape index (κ3) is 3.07. The van der Waals surface area contributed by atoms with Gasteiger partial charge in [-0.3, -0.25) is 19.7 Å². The summed E-state index contributed by atoms with van der Waals surface area (Å²) in [4.78, 5) is 36.9. The van der Waals surface area contributed by atoms with E-state index in [-0.39, 0.29) is 6.54 Å². The van der Waals surface area contributed by atoms with Gasteiger partial charge in [-0.25, -0.2) is 0 Å². The number of nitro groups is 1. The highest BCUT2D eigenvalue weighted by molar-refractivity contribution is 6.06. The molecule has 3 rings (SSSR count). The van der Waals surface area contributed by atoms with Crippen LogP contribution in [0.3, 0.4) is 0 Å². The standard InChI is InChI=1S/C19H20N2O6/c1-12-5-7-13(8-6-12)15(11-21(24)25)19(18(23)26-2)14(10-20-17(19)22)16-4-3-9-27-16/h3-9,14-15H,10-11H2,1-2H3,(H,20,22)/t14-,15-,19+/m0/s1. The van der Waals surface area contributed by atoms with E-state index in [1.165, 1.54) is 13.4 Å². The molecule has 8 nitrogen and oxygen atoms in total. The number of carbonyl (C=O) groups is 2. The summed E-state index contributed by atoms with van der Waals surface area (Å²) in [6.45, 7) is 1.42. The van der Waals surface area contributed by atoms with Crippen LogP contribution in [0.4, 0.5) is 0 Å². The summed E-state index contributed by atoms with van der Waals surface area (Å²) >= 11 is 0. The third-order valence-electron chi connectivity index (χ3n) is 5.16. The number of methoxy groups -OCH3 is 1. The van der Waals surface area contributed by atoms with E-state index in [1.807, 2.05) is 6.92 Å². The monoisotopic (exact) mass is 372 g/mol. The second kappa shape index (κ2) is 7.22. The highest BCUT2D eigenvalue weighted by Gasteiger charge is 2.64. The van der Waals surface area contributed by atoms with Gasteiger partial charge >= 0.3 is 5.97 Å². The summed E-state index contributed by atoms with van der Waals surface area (Å²) in [6, 6.07) is 10.3. The quantitative estimate of drug-likeness (QED) is 0.359. The van der Waals surface area contributed by atoms with Crippen molar-refractivity contribution in [3.05, 3.63) is 69.7 Å². The van der Waals surface area contributed by atoms with E-state index in [1.54, 1.807) is 36.4 Å². The molecule has 0 bridgehead atoms. The van der Waals surface area contributed by atoms with Crippen molar-refractivity contribution in [2.75, 3.05) is 20.2 Å². The van der Waals surface area contributed by atoms with E-state index in [4.69, 9.17) is 9.15 Å². The number of furan rings is 1. The SMILES string of the molecule is COC(=O)[C@]1([C@@H](C[N+](=O)[O-])c2ccc(C)cc2)C(=O)NC[C@H]1c1ccco1. The van der Waals surface area contributed by atoms with Gasteiger partial charge in [-0.15, -0.1) is 0 Å². The van der Waals surface area contributed by atoms with Crippen LogP contribution < -0.4 is 5.32 Å². The van der Waals surface area contributed by atoms with E-state index >= 15 is 0 Å². The van der Waals surface area contributed by atoms with Crippen LogP contribution in [0.5, 0.6) is 0 Å². The lowest BCUT2D eigenvalue weighted by Gasteiger charge is -2.34. The summed E-state index contributed by atoms with van der Waals surface area (Å²) in [6.07, 6.45) is 1.44. The molecule has 0 spiro atoms. The van der Waals surface area contributed by atoms with Crippen molar-refractivity contribution in [3.8, 4) is 0 Å². The molecule has 1 aliphatic rings. The molecule has 1 saturated heterocycles. The molecule has 1 aromatic heterocycles. The first-order chi connectivity index (χ1) is 12.9. The smallest absolute Gasteiger partial charge is 0.323 e. The maximum absolute atomic E-state index is 13.0. The van der Waals surface area contributed by atoms with Crippen LogP contribution in [0.15, 0.2) is 47.1 Å². The molecule has 1 aromatic carbocycles. The number of carbonyl (C=O) groups excluding carboxylic acids is 2. The number of hydrogen-bond donors (Lipinski definition) is 1. The molecular weight excluding hydrogens is 352 g/mol. The van der Waals surface area contributed by atoms with Crippen molar-refractivity contribution in [2.24, 2.45) is 5.41 Å². The van der Waals surface area contributed by atoms with E-state index in [0.29, 0.717) is 11.3 Å². The van der Waals surface area contributed by atoms with Gasteiger partial charge in [0.05, 0.1) is 25.2 Å². The fourth-order valence-electron chi connectivity index (χ4n) is 3.88. The number of amides is 1. The van der Waals surface area contributed by atoms with Crippen LogP contribution in [-0.2, 0) is 14.3 Å². The average molecular weight is 372 g/mol. The summed E-state index contributed by atoms with van der Waals surface area (Å²) in [7, 11) is 1.17. The molecule has 0 aliphatic carbocycles. The fourth-order valence-corrected chi connectivity index (χ4v) is 3.88. The minimum absolute atomic E-state index is 0.127. The van der Waals surface area contributed by atoms with E-state index in [0.717, 1.165) is 5.56 Å². The van der Waals surface area contributed by atoms with Crippen molar-refractivity contribution in [1.82, 2.24) is 5.32 Å². The fraction of sp³-hybridized carbons (Fsp3) is 0.368. The molecule has 142 valence electrons. The van der Waals surface area contributed by atoms with Gasteiger partial charge in [-0.05, 0) is 24.6 Å². The second-order valence-electron chi connectivity index (χ2n) is 6.62. The lowest BCUT2D eigenvalue weighted by atomic mass is 9.64. The number of esters is 1. The molecule has 0 radical (unpaired) electrons. The minimum atomic E-state index is -1.80. The van der Waals surface area contributed by atoms with Crippen molar-refractivity contribution in [1.29, 1.82) is 0 Å². The number of aryl methyl sites for hydroxylation is 1. The third-order valence-corrected chi connectivity index (χ3v) is 5.16. The van der Waals surface area contributed by atoms with Crippen molar-refractivity contribution >= 4 is 11.9 Å². The van der Waals surface area contributed by atoms with Crippen LogP contribution >= 0.6 is 0 Å². The largest absolute Gasteiger partial charge is 0.469 e. The Kier molecular flexibility index (Phi) is 4.98. The van der Waals surface area contributed by atoms with E-state index < -0.39 is 40.6 Å². The predicted molar refractivity (Wildman–Crippen MR) is 94.7 cm³/mol. The number of benzene rings is 1. The van der Waals surface area contributed by atoms with Gasteiger partial charge in [0.1, 0.15) is 5.76 Å². The molecular formula is C19H20N2O6. The number of ether oxygens (including phenoxy) is 1. The highest BCUT2D eigenvalue weighted by atomic mass is 16.6. The Bertz CT molecular complexity index is 846. The first kappa shape index (κ1) is 18.6. The Morgan fingerprint density at radius 1 is 1.41 bits per heavy atom. The molecule has 1 amide bonds. The number of rotatable bonds is 6. The molecule has 2 aromatic rings. The van der Waals surface area contributed by atoms with Gasteiger partial charge in [-0.2, -0.15) is 0 Å². The molecule has 3 atom stereocenters. The maximum atomic E-state index is 13.0. The Morgan fingerprint density at radius 2 is 2.11 bits per heavy atom. The van der Waals surface area contributed by atoms with Gasteiger partial charge in [0.15, 0.2) is 5.41 Å². The predicted octanol–water partition coefficient (Wildman–Crippen LogP) is 2.02. The normalized spacial score (nSPS) is 22.9. The van der Waals surface area contributed by atoms with Gasteiger partial charge in [-0.1, -0.05) is 29.8 Å². The number of nitrogens with one attached hydrogen (secondary N) is 1. The zero-order valence-electron chi connectivity index (χ0n) is 15.0. The lowest BCUT2D eigenvalue weighted by Crippen LogP contribution is -2.49. The van der Waals surface area contributed by atoms with Gasteiger partial charge in [0.2, 0.25) is 12.5 Å². The first-order valence-corrected chi connectivity index (χ1v) is 8.49. The minimum Gasteiger partial charge on any atom is -0.469 e. The molecule has 2 heterocycles. The van der Waals surface area contributed by atoms with Crippen molar-refractivity contribution in [2.45, 2.75) is 18.8 Å². The van der Waals surface area contributed by atoms with Crippen LogP contribution in [0, 0.1) is 22.5 Å². The van der Waals surface area contributed by atoms with Gasteiger partial charge in [0.25, 0.3) is 0 Å². The summed E-state index contributed by atoms with van der Waals surface area (Å²) in [5, 5.41) is 14.1. The van der Waals surface area contributed by atoms with Gasteiger partial charge < -0.3 is 14.5 Å². The average Bonchev–Trinajstić information content (AvgIpc) is 3.28. The first-order valence-electron chi connectivity index (χ1n) is 8.49. The van der Waals surface area contributed by atoms with E-state index in [2.05, 4.69) is 5.32 Å². The van der Waals surface area contributed by atoms with Crippen LogP contribution in [0.2, 0.25) is 0 Å². The molecule has 8 heteroatoms. The summed E-state index contributed by atoms with van der Waals surface area (Å²) in [5.41, 5.74) is -0.310. The molecule has 0 saturated carbocycles. The second-order valence-corrected chi connectivity index (χ2v) is 6.62. The summed E-state index contributed by atoms with van der Waals surface area (Å²) in [5.74, 6) is -2.74. The zero-order valence-corrected chi connectivity index (χ0v) is 15.0. The summed E-state index contributed by atoms with van der Waals surface area (Å²) < 4.78 is 10.4. The van der Waals surface area contributed by atoms with Crippen LogP contribution in [0.25, 0.3) is 0 Å². The Hall–Kier alpha value is -3.16. The van der Waals surface area contributed by atoms with Gasteiger partial charge in [0, 0.05) is 11.5 Å². The Morgan fingerprint density at radius 3 is 2.67 bits per heavy atom. The molecule has 1 aliphatic heterocycles. The lowest BCUT2D eigenvalue weighted by molar-refractivity contribution is -0.485. The topological polar surface area (TPSA) is 112 Å². The zero-order chi connectivity index (χ0) is 19.6.